The summed E-state index contributed by atoms with van der Waals surface area (Å²) in [6, 6.07) is 0.401. The topological polar surface area (TPSA) is 169 Å². The molecule has 4 heterocycles. The Kier molecular flexibility index (Phi) is 6.63. The highest BCUT2D eigenvalue weighted by Crippen LogP contribution is 2.48. The molecule has 0 spiro atoms. The van der Waals surface area contributed by atoms with Gasteiger partial charge in [-0.25, -0.2) is 15.0 Å². The van der Waals surface area contributed by atoms with Crippen molar-refractivity contribution in [3.63, 3.8) is 0 Å². The van der Waals surface area contributed by atoms with E-state index >= 15 is 0 Å². The number of nitrogens with one attached hydrogen (secondary N) is 2. The number of nitrogens with two attached hydrogens (primary N) is 3. The number of thiazole rings is 1. The van der Waals surface area contributed by atoms with Crippen LogP contribution in [0.5, 0.6) is 0 Å². The van der Waals surface area contributed by atoms with Crippen LogP contribution in [0.2, 0.25) is 0 Å². The number of anilines is 1. The molecule has 8 N–H and O–H groups in total. The van der Waals surface area contributed by atoms with Gasteiger partial charge in [0.15, 0.2) is 5.65 Å². The Hall–Kier alpha value is -3.15. The van der Waals surface area contributed by atoms with Crippen molar-refractivity contribution in [3.05, 3.63) is 40.8 Å². The van der Waals surface area contributed by atoms with Gasteiger partial charge in [-0.15, -0.1) is 11.3 Å². The Morgan fingerprint density at radius 3 is 2.86 bits per heavy atom. The zero-order valence-corrected chi connectivity index (χ0v) is 20.5. The van der Waals surface area contributed by atoms with Gasteiger partial charge in [0, 0.05) is 30.3 Å². The van der Waals surface area contributed by atoms with Gasteiger partial charge in [0.1, 0.15) is 23.0 Å². The molecule has 184 valence electrons. The highest BCUT2D eigenvalue weighted by atomic mass is 32.1. The number of fused-ring (bicyclic) bond motifs is 1. The van der Waals surface area contributed by atoms with E-state index in [4.69, 9.17) is 27.6 Å². The molecular formula is C24H32N10S. The van der Waals surface area contributed by atoms with Crippen LogP contribution in [0.4, 0.5) is 5.82 Å². The number of nitrogen functional groups attached to an aromatic ring is 1. The van der Waals surface area contributed by atoms with Gasteiger partial charge in [-0.1, -0.05) is 6.58 Å². The van der Waals surface area contributed by atoms with Crippen molar-refractivity contribution in [1.82, 2.24) is 24.9 Å². The van der Waals surface area contributed by atoms with Crippen molar-refractivity contribution in [2.45, 2.75) is 62.9 Å². The Balaban J connectivity index is 1.62. The third kappa shape index (κ3) is 4.71. The summed E-state index contributed by atoms with van der Waals surface area (Å²) in [7, 11) is 0. The minimum Gasteiger partial charge on any atom is -0.383 e. The summed E-state index contributed by atoms with van der Waals surface area (Å²) in [5.41, 5.74) is 23.1. The molecule has 0 radical (unpaired) electrons. The van der Waals surface area contributed by atoms with Crippen LogP contribution in [-0.2, 0) is 6.54 Å². The summed E-state index contributed by atoms with van der Waals surface area (Å²) >= 11 is 1.55. The van der Waals surface area contributed by atoms with E-state index in [0.717, 1.165) is 70.9 Å². The molecule has 2 aliphatic rings. The minimum atomic E-state index is 0.0595. The molecule has 11 heteroatoms. The zero-order valence-electron chi connectivity index (χ0n) is 19.7. The number of amidine groups is 1. The molecule has 1 saturated heterocycles. The van der Waals surface area contributed by atoms with E-state index in [-0.39, 0.29) is 11.8 Å². The van der Waals surface area contributed by atoms with Gasteiger partial charge in [-0.05, 0) is 56.6 Å². The SMILES string of the molecule is C=C(CC(CC1CCCN1)c1nc2c(-c3cnc(CN)s3)cnn2c(N)c1C1CC1)C(N)=NC=N. The first-order chi connectivity index (χ1) is 17.0. The van der Waals surface area contributed by atoms with Crippen LogP contribution in [0.25, 0.3) is 16.1 Å². The van der Waals surface area contributed by atoms with Crippen LogP contribution in [0.15, 0.2) is 29.5 Å². The molecule has 3 aromatic heterocycles. The molecule has 1 saturated carbocycles. The number of aromatic nitrogens is 4. The highest BCUT2D eigenvalue weighted by Gasteiger charge is 2.35. The first-order valence-corrected chi connectivity index (χ1v) is 12.9. The molecule has 5 rings (SSSR count). The fourth-order valence-corrected chi connectivity index (χ4v) is 5.81. The van der Waals surface area contributed by atoms with Crippen LogP contribution in [-0.4, -0.2) is 44.3 Å². The monoisotopic (exact) mass is 492 g/mol. The van der Waals surface area contributed by atoms with Gasteiger partial charge < -0.3 is 22.5 Å². The second kappa shape index (κ2) is 9.84. The molecule has 3 aromatic rings. The standard InChI is InChI=1S/C24H32N10S/c1-13(22(27)31-12-26)7-15(8-16-3-2-6-29-16)21-20(14-4-5-14)23(28)34-24(33-21)17(10-32-34)18-11-30-19(9-25)35-18/h10-12,14-16,29H,1-9,25,28H2,(H3,26,27,31). The number of rotatable bonds is 10. The van der Waals surface area contributed by atoms with Crippen molar-refractivity contribution in [1.29, 1.82) is 5.41 Å². The predicted molar refractivity (Wildman–Crippen MR) is 141 cm³/mol. The quantitative estimate of drug-likeness (QED) is 0.214. The molecule has 0 aromatic carbocycles. The minimum absolute atomic E-state index is 0.0595. The van der Waals surface area contributed by atoms with Gasteiger partial charge in [0.25, 0.3) is 0 Å². The second-order valence-corrected chi connectivity index (χ2v) is 10.5. The van der Waals surface area contributed by atoms with Crippen LogP contribution >= 0.6 is 11.3 Å². The lowest BCUT2D eigenvalue weighted by Crippen LogP contribution is -2.26. The average molecular weight is 493 g/mol. The maximum absolute atomic E-state index is 7.28. The molecule has 35 heavy (non-hydrogen) atoms. The van der Waals surface area contributed by atoms with E-state index in [1.165, 1.54) is 6.42 Å². The van der Waals surface area contributed by atoms with E-state index in [2.05, 4.69) is 27.0 Å². The van der Waals surface area contributed by atoms with E-state index in [0.29, 0.717) is 36.3 Å². The molecule has 1 aliphatic heterocycles. The van der Waals surface area contributed by atoms with Gasteiger partial charge in [0.05, 0.1) is 22.3 Å². The smallest absolute Gasteiger partial charge is 0.166 e. The first kappa shape index (κ1) is 23.6. The normalized spacial score (nSPS) is 19.3. The lowest BCUT2D eigenvalue weighted by atomic mass is 9.86. The van der Waals surface area contributed by atoms with E-state index in [9.17, 15) is 0 Å². The summed E-state index contributed by atoms with van der Waals surface area (Å²) in [5, 5.41) is 16.4. The van der Waals surface area contributed by atoms with Gasteiger partial charge in [0.2, 0.25) is 0 Å². The summed E-state index contributed by atoms with van der Waals surface area (Å²) in [4.78, 5) is 14.6. The summed E-state index contributed by atoms with van der Waals surface area (Å²) in [5.74, 6) is 1.39. The van der Waals surface area contributed by atoms with Gasteiger partial charge in [-0.2, -0.15) is 9.61 Å². The zero-order chi connectivity index (χ0) is 24.5. The van der Waals surface area contributed by atoms with Crippen LogP contribution in [0.3, 0.4) is 0 Å². The van der Waals surface area contributed by atoms with Crippen LogP contribution in [0.1, 0.15) is 66.6 Å². The summed E-state index contributed by atoms with van der Waals surface area (Å²) < 4.78 is 1.76. The number of hydrogen-bond acceptors (Lipinski definition) is 8. The largest absolute Gasteiger partial charge is 0.383 e. The van der Waals surface area contributed by atoms with Crippen molar-refractivity contribution in [3.8, 4) is 10.4 Å². The third-order valence-corrected chi connectivity index (χ3v) is 7.96. The molecule has 1 aliphatic carbocycles. The van der Waals surface area contributed by atoms with Crippen LogP contribution < -0.4 is 22.5 Å². The first-order valence-electron chi connectivity index (χ1n) is 12.1. The summed E-state index contributed by atoms with van der Waals surface area (Å²) in [6.07, 6.45) is 10.6. The lowest BCUT2D eigenvalue weighted by Gasteiger charge is -2.25. The predicted octanol–water partition coefficient (Wildman–Crippen LogP) is 2.91. The third-order valence-electron chi connectivity index (χ3n) is 6.91. The molecule has 2 unspecified atom stereocenters. The molecule has 10 nitrogen and oxygen atoms in total. The van der Waals surface area contributed by atoms with Gasteiger partial charge >= 0.3 is 0 Å². The van der Waals surface area contributed by atoms with Crippen molar-refractivity contribution in [2.75, 3.05) is 12.3 Å². The van der Waals surface area contributed by atoms with E-state index in [1.807, 2.05) is 12.4 Å². The average Bonchev–Trinajstić information content (AvgIpc) is 3.22. The Bertz CT molecular complexity index is 1280. The lowest BCUT2D eigenvalue weighted by molar-refractivity contribution is 0.481. The van der Waals surface area contributed by atoms with Crippen molar-refractivity contribution >= 4 is 35.0 Å². The van der Waals surface area contributed by atoms with Gasteiger partial charge in [-0.3, -0.25) is 5.41 Å². The maximum Gasteiger partial charge on any atom is 0.166 e. The molecule has 2 fully saturated rings. The maximum atomic E-state index is 7.28. The van der Waals surface area contributed by atoms with E-state index < -0.39 is 0 Å². The van der Waals surface area contributed by atoms with E-state index in [1.54, 1.807) is 15.9 Å². The number of nitrogens with zero attached hydrogens (tertiary/aromatic N) is 5. The molecular weight excluding hydrogens is 460 g/mol. The summed E-state index contributed by atoms with van der Waals surface area (Å²) in [6.45, 7) is 5.61. The fraction of sp³-hybridized carbons (Fsp3) is 0.458. The Morgan fingerprint density at radius 2 is 2.20 bits per heavy atom. The second-order valence-electron chi connectivity index (χ2n) is 9.36. The Morgan fingerprint density at radius 1 is 1.37 bits per heavy atom. The molecule has 0 amide bonds. The number of hydrogen-bond donors (Lipinski definition) is 5. The molecule has 0 bridgehead atoms. The number of aliphatic imine (C=N–C) groups is 1. The van der Waals surface area contributed by atoms with Crippen molar-refractivity contribution < 1.29 is 0 Å². The Labute approximate surface area is 208 Å². The fourth-order valence-electron chi connectivity index (χ4n) is 5.01. The van der Waals surface area contributed by atoms with Crippen LogP contribution in [0, 0.1) is 5.41 Å². The van der Waals surface area contributed by atoms with Crippen molar-refractivity contribution in [2.24, 2.45) is 16.5 Å². The molecule has 2 atom stereocenters. The highest BCUT2D eigenvalue weighted by molar-refractivity contribution is 7.15.